The van der Waals surface area contributed by atoms with Crippen LogP contribution in [0.5, 0.6) is 0 Å². The molecule has 1 aromatic carbocycles. The molecule has 0 saturated carbocycles. The van der Waals surface area contributed by atoms with Crippen LogP contribution >= 0.6 is 0 Å². The van der Waals surface area contributed by atoms with Crippen molar-refractivity contribution in [3.63, 3.8) is 0 Å². The fourth-order valence-electron chi connectivity index (χ4n) is 1.69. The van der Waals surface area contributed by atoms with Gasteiger partial charge in [-0.25, -0.2) is 4.39 Å². The van der Waals surface area contributed by atoms with Crippen molar-refractivity contribution in [2.45, 2.75) is 19.9 Å². The van der Waals surface area contributed by atoms with Crippen molar-refractivity contribution in [3.8, 4) is 0 Å². The summed E-state index contributed by atoms with van der Waals surface area (Å²) in [6, 6.07) is 7.64. The van der Waals surface area contributed by atoms with E-state index in [0.717, 1.165) is 12.2 Å². The van der Waals surface area contributed by atoms with Gasteiger partial charge < -0.3 is 15.5 Å². The first-order chi connectivity index (χ1) is 9.13. The second kappa shape index (κ2) is 5.67. The van der Waals surface area contributed by atoms with Crippen LogP contribution in [0.15, 0.2) is 34.7 Å². The van der Waals surface area contributed by atoms with Gasteiger partial charge in [0.1, 0.15) is 11.6 Å². The third kappa shape index (κ3) is 3.00. The molecule has 3 N–H and O–H groups in total. The minimum Gasteiger partial charge on any atom is -0.456 e. The highest BCUT2D eigenvalue weighted by Gasteiger charge is 2.11. The molecule has 4 nitrogen and oxygen atoms in total. The van der Waals surface area contributed by atoms with Gasteiger partial charge in [0.15, 0.2) is 5.76 Å². The SMILES string of the molecule is CCc1ccc(C(=O)Nc2ccc(F)c(CN)c2)o1. The molecule has 0 unspecified atom stereocenters. The normalized spacial score (nSPS) is 10.5. The summed E-state index contributed by atoms with van der Waals surface area (Å²) < 4.78 is 18.6. The molecular weight excluding hydrogens is 247 g/mol. The summed E-state index contributed by atoms with van der Waals surface area (Å²) in [4.78, 5) is 11.9. The summed E-state index contributed by atoms with van der Waals surface area (Å²) in [5.74, 6) is 0.225. The van der Waals surface area contributed by atoms with E-state index >= 15 is 0 Å². The Kier molecular flexibility index (Phi) is 3.97. The van der Waals surface area contributed by atoms with Gasteiger partial charge in [0.2, 0.25) is 0 Å². The van der Waals surface area contributed by atoms with Gasteiger partial charge in [-0.3, -0.25) is 4.79 Å². The molecule has 5 heteroatoms. The van der Waals surface area contributed by atoms with Crippen molar-refractivity contribution in [1.29, 1.82) is 0 Å². The molecule has 0 aliphatic heterocycles. The third-order valence-electron chi connectivity index (χ3n) is 2.76. The molecule has 0 aliphatic carbocycles. The first-order valence-electron chi connectivity index (χ1n) is 6.02. The molecule has 19 heavy (non-hydrogen) atoms. The Morgan fingerprint density at radius 2 is 2.16 bits per heavy atom. The van der Waals surface area contributed by atoms with Crippen molar-refractivity contribution in [1.82, 2.24) is 0 Å². The molecule has 2 rings (SSSR count). The summed E-state index contributed by atoms with van der Waals surface area (Å²) in [5, 5.41) is 2.64. The second-order valence-electron chi connectivity index (χ2n) is 4.08. The van der Waals surface area contributed by atoms with Gasteiger partial charge in [0.05, 0.1) is 0 Å². The van der Waals surface area contributed by atoms with Gasteiger partial charge in [-0.05, 0) is 30.3 Å². The highest BCUT2D eigenvalue weighted by molar-refractivity contribution is 6.02. The smallest absolute Gasteiger partial charge is 0.291 e. The van der Waals surface area contributed by atoms with Crippen LogP contribution in [0.3, 0.4) is 0 Å². The molecule has 1 amide bonds. The number of hydrogen-bond donors (Lipinski definition) is 2. The molecule has 0 atom stereocenters. The Balaban J connectivity index is 2.14. The standard InChI is InChI=1S/C14H15FN2O2/c1-2-11-4-6-13(19-11)14(18)17-10-3-5-12(15)9(7-10)8-16/h3-7H,2,8,16H2,1H3,(H,17,18). The Bertz CT molecular complexity index is 593. The molecular formula is C14H15FN2O2. The van der Waals surface area contributed by atoms with Crippen molar-refractivity contribution >= 4 is 11.6 Å². The first-order valence-corrected chi connectivity index (χ1v) is 6.02. The fraction of sp³-hybridized carbons (Fsp3) is 0.214. The fourth-order valence-corrected chi connectivity index (χ4v) is 1.69. The van der Waals surface area contributed by atoms with E-state index in [1.165, 1.54) is 18.2 Å². The molecule has 0 fully saturated rings. The van der Waals surface area contributed by atoms with Crippen LogP contribution in [-0.4, -0.2) is 5.91 Å². The van der Waals surface area contributed by atoms with Crippen LogP contribution in [-0.2, 0) is 13.0 Å². The van der Waals surface area contributed by atoms with E-state index in [-0.39, 0.29) is 24.0 Å². The lowest BCUT2D eigenvalue weighted by Crippen LogP contribution is -2.11. The number of hydrogen-bond acceptors (Lipinski definition) is 3. The summed E-state index contributed by atoms with van der Waals surface area (Å²) in [6.07, 6.45) is 0.723. The predicted octanol–water partition coefficient (Wildman–Crippen LogP) is 2.69. The lowest BCUT2D eigenvalue weighted by atomic mass is 10.2. The van der Waals surface area contributed by atoms with Crippen LogP contribution in [0.2, 0.25) is 0 Å². The average Bonchev–Trinajstić information content (AvgIpc) is 2.90. The molecule has 1 heterocycles. The summed E-state index contributed by atoms with van der Waals surface area (Å²) in [7, 11) is 0. The zero-order valence-corrected chi connectivity index (χ0v) is 10.6. The topological polar surface area (TPSA) is 68.3 Å². The largest absolute Gasteiger partial charge is 0.456 e. The van der Waals surface area contributed by atoms with E-state index in [2.05, 4.69) is 5.32 Å². The Hall–Kier alpha value is -2.14. The quantitative estimate of drug-likeness (QED) is 0.890. The summed E-state index contributed by atoms with van der Waals surface area (Å²) in [5.41, 5.74) is 6.25. The predicted molar refractivity (Wildman–Crippen MR) is 70.3 cm³/mol. The molecule has 2 aromatic rings. The number of nitrogens with two attached hydrogens (primary N) is 1. The van der Waals surface area contributed by atoms with Crippen LogP contribution in [0.4, 0.5) is 10.1 Å². The van der Waals surface area contributed by atoms with Gasteiger partial charge >= 0.3 is 0 Å². The summed E-state index contributed by atoms with van der Waals surface area (Å²) in [6.45, 7) is 2.02. The number of benzene rings is 1. The highest BCUT2D eigenvalue weighted by atomic mass is 19.1. The van der Waals surface area contributed by atoms with Gasteiger partial charge in [0, 0.05) is 24.2 Å². The number of halogens is 1. The van der Waals surface area contributed by atoms with Crippen LogP contribution < -0.4 is 11.1 Å². The molecule has 0 saturated heterocycles. The van der Waals surface area contributed by atoms with Crippen LogP contribution in [0.1, 0.15) is 28.8 Å². The maximum absolute atomic E-state index is 13.3. The molecule has 0 spiro atoms. The highest BCUT2D eigenvalue weighted by Crippen LogP contribution is 2.16. The molecule has 0 radical (unpaired) electrons. The summed E-state index contributed by atoms with van der Waals surface area (Å²) >= 11 is 0. The van der Waals surface area contributed by atoms with E-state index in [9.17, 15) is 9.18 Å². The zero-order chi connectivity index (χ0) is 13.8. The Morgan fingerprint density at radius 3 is 2.79 bits per heavy atom. The Labute approximate surface area is 110 Å². The van der Waals surface area contributed by atoms with E-state index in [0.29, 0.717) is 11.3 Å². The van der Waals surface area contributed by atoms with Crippen molar-refractivity contribution < 1.29 is 13.6 Å². The van der Waals surface area contributed by atoms with Crippen molar-refractivity contribution in [2.75, 3.05) is 5.32 Å². The van der Waals surface area contributed by atoms with Gasteiger partial charge in [-0.1, -0.05) is 6.92 Å². The molecule has 100 valence electrons. The molecule has 0 aliphatic rings. The van der Waals surface area contributed by atoms with Crippen molar-refractivity contribution in [2.24, 2.45) is 5.73 Å². The van der Waals surface area contributed by atoms with Gasteiger partial charge in [-0.15, -0.1) is 0 Å². The number of furan rings is 1. The van der Waals surface area contributed by atoms with Crippen LogP contribution in [0.25, 0.3) is 0 Å². The van der Waals surface area contributed by atoms with Gasteiger partial charge in [-0.2, -0.15) is 0 Å². The number of aryl methyl sites for hydroxylation is 1. The number of carbonyl (C=O) groups is 1. The maximum atomic E-state index is 13.3. The Morgan fingerprint density at radius 1 is 1.37 bits per heavy atom. The lowest BCUT2D eigenvalue weighted by molar-refractivity contribution is 0.0995. The average molecular weight is 262 g/mol. The van der Waals surface area contributed by atoms with Gasteiger partial charge in [0.25, 0.3) is 5.91 Å². The zero-order valence-electron chi connectivity index (χ0n) is 10.6. The first kappa shape index (κ1) is 13.3. The second-order valence-corrected chi connectivity index (χ2v) is 4.08. The van der Waals surface area contributed by atoms with Crippen molar-refractivity contribution in [3.05, 3.63) is 53.2 Å². The van der Waals surface area contributed by atoms with E-state index in [1.807, 2.05) is 6.92 Å². The third-order valence-corrected chi connectivity index (χ3v) is 2.76. The number of anilines is 1. The monoisotopic (exact) mass is 262 g/mol. The minimum atomic E-state index is -0.383. The van der Waals surface area contributed by atoms with Crippen LogP contribution in [0, 0.1) is 5.82 Å². The molecule has 1 aromatic heterocycles. The number of amides is 1. The van der Waals surface area contributed by atoms with E-state index in [4.69, 9.17) is 10.2 Å². The lowest BCUT2D eigenvalue weighted by Gasteiger charge is -2.06. The van der Waals surface area contributed by atoms with E-state index in [1.54, 1.807) is 12.1 Å². The maximum Gasteiger partial charge on any atom is 0.291 e. The number of carbonyl (C=O) groups excluding carboxylic acids is 1. The van der Waals surface area contributed by atoms with E-state index < -0.39 is 0 Å². The minimum absolute atomic E-state index is 0.0796. The molecule has 0 bridgehead atoms. The number of nitrogens with one attached hydrogen (secondary N) is 1. The number of rotatable bonds is 4.